The first-order valence-electron chi connectivity index (χ1n) is 6.89. The van der Waals surface area contributed by atoms with E-state index < -0.39 is 6.04 Å². The molecule has 104 valence electrons. The van der Waals surface area contributed by atoms with Crippen molar-refractivity contribution in [2.75, 3.05) is 0 Å². The molecule has 1 fully saturated rings. The van der Waals surface area contributed by atoms with Gasteiger partial charge in [0.15, 0.2) is 0 Å². The standard InChI is InChI=1S/C16H18N2OS/c17-15(12-5-2-1-3-6-12)16(19)18(13-8-9-13)11-14-7-4-10-20-14/h1-7,10,13,15H,8-9,11,17H2/t15-/m1/s1. The number of nitrogens with two attached hydrogens (primary N) is 1. The second-order valence-corrected chi connectivity index (χ2v) is 6.20. The molecule has 1 aromatic carbocycles. The molecule has 3 rings (SSSR count). The van der Waals surface area contributed by atoms with E-state index in [0.717, 1.165) is 18.4 Å². The molecule has 0 unspecified atom stereocenters. The number of nitrogens with zero attached hydrogens (tertiary/aromatic N) is 1. The number of rotatable bonds is 5. The van der Waals surface area contributed by atoms with E-state index in [4.69, 9.17) is 5.73 Å². The van der Waals surface area contributed by atoms with E-state index in [1.54, 1.807) is 11.3 Å². The van der Waals surface area contributed by atoms with Gasteiger partial charge in [-0.05, 0) is 29.9 Å². The molecule has 3 nitrogen and oxygen atoms in total. The number of carbonyl (C=O) groups excluding carboxylic acids is 1. The topological polar surface area (TPSA) is 46.3 Å². The number of hydrogen-bond donors (Lipinski definition) is 1. The van der Waals surface area contributed by atoms with Crippen molar-refractivity contribution in [2.45, 2.75) is 31.5 Å². The van der Waals surface area contributed by atoms with Gasteiger partial charge in [0, 0.05) is 10.9 Å². The van der Waals surface area contributed by atoms with Crippen LogP contribution in [0, 0.1) is 0 Å². The number of carbonyl (C=O) groups is 1. The van der Waals surface area contributed by atoms with Gasteiger partial charge in [-0.2, -0.15) is 0 Å². The van der Waals surface area contributed by atoms with Gasteiger partial charge >= 0.3 is 0 Å². The Bertz CT molecular complexity index is 563. The van der Waals surface area contributed by atoms with Gasteiger partial charge in [-0.3, -0.25) is 4.79 Å². The Labute approximate surface area is 123 Å². The molecule has 1 heterocycles. The molecule has 1 amide bonds. The molecular weight excluding hydrogens is 268 g/mol. The molecule has 1 saturated carbocycles. The van der Waals surface area contributed by atoms with Crippen LogP contribution in [0.2, 0.25) is 0 Å². The Hall–Kier alpha value is -1.65. The molecule has 0 radical (unpaired) electrons. The summed E-state index contributed by atoms with van der Waals surface area (Å²) in [5.41, 5.74) is 7.03. The summed E-state index contributed by atoms with van der Waals surface area (Å²) in [6.07, 6.45) is 2.19. The van der Waals surface area contributed by atoms with Crippen molar-refractivity contribution in [3.05, 3.63) is 58.3 Å². The number of benzene rings is 1. The van der Waals surface area contributed by atoms with Gasteiger partial charge in [-0.25, -0.2) is 0 Å². The Kier molecular flexibility index (Phi) is 3.85. The summed E-state index contributed by atoms with van der Waals surface area (Å²) < 4.78 is 0. The summed E-state index contributed by atoms with van der Waals surface area (Å²) in [4.78, 5) is 15.8. The smallest absolute Gasteiger partial charge is 0.244 e. The van der Waals surface area contributed by atoms with Crippen molar-refractivity contribution in [2.24, 2.45) is 5.73 Å². The van der Waals surface area contributed by atoms with Gasteiger partial charge < -0.3 is 10.6 Å². The minimum Gasteiger partial charge on any atom is -0.333 e. The highest BCUT2D eigenvalue weighted by Crippen LogP contribution is 2.31. The molecule has 0 saturated heterocycles. The van der Waals surface area contributed by atoms with E-state index in [2.05, 4.69) is 6.07 Å². The van der Waals surface area contributed by atoms with Crippen LogP contribution < -0.4 is 5.73 Å². The molecule has 2 N–H and O–H groups in total. The van der Waals surface area contributed by atoms with E-state index in [1.807, 2.05) is 46.7 Å². The monoisotopic (exact) mass is 286 g/mol. The third-order valence-electron chi connectivity index (χ3n) is 3.60. The van der Waals surface area contributed by atoms with Crippen molar-refractivity contribution in [1.82, 2.24) is 4.90 Å². The van der Waals surface area contributed by atoms with Crippen LogP contribution in [0.5, 0.6) is 0 Å². The fraction of sp³-hybridized carbons (Fsp3) is 0.312. The molecule has 4 heteroatoms. The van der Waals surface area contributed by atoms with Crippen molar-refractivity contribution < 1.29 is 4.79 Å². The van der Waals surface area contributed by atoms with E-state index in [1.165, 1.54) is 4.88 Å². The second-order valence-electron chi connectivity index (χ2n) is 5.17. The van der Waals surface area contributed by atoms with E-state index in [9.17, 15) is 4.79 Å². The zero-order valence-electron chi connectivity index (χ0n) is 11.2. The highest BCUT2D eigenvalue weighted by atomic mass is 32.1. The zero-order valence-corrected chi connectivity index (χ0v) is 12.1. The third kappa shape index (κ3) is 2.92. The minimum absolute atomic E-state index is 0.0344. The lowest BCUT2D eigenvalue weighted by Crippen LogP contribution is -2.39. The van der Waals surface area contributed by atoms with E-state index >= 15 is 0 Å². The lowest BCUT2D eigenvalue weighted by Gasteiger charge is -2.25. The summed E-state index contributed by atoms with van der Waals surface area (Å²) in [5, 5.41) is 2.04. The summed E-state index contributed by atoms with van der Waals surface area (Å²) >= 11 is 1.69. The van der Waals surface area contributed by atoms with Crippen LogP contribution in [0.15, 0.2) is 47.8 Å². The fourth-order valence-electron chi connectivity index (χ4n) is 2.33. The molecule has 20 heavy (non-hydrogen) atoms. The van der Waals surface area contributed by atoms with Crippen LogP contribution >= 0.6 is 11.3 Å². The Morgan fingerprint density at radius 3 is 2.60 bits per heavy atom. The fourth-order valence-corrected chi connectivity index (χ4v) is 3.03. The lowest BCUT2D eigenvalue weighted by atomic mass is 10.1. The van der Waals surface area contributed by atoms with Crippen molar-refractivity contribution >= 4 is 17.2 Å². The number of amides is 1. The van der Waals surface area contributed by atoms with Crippen molar-refractivity contribution in [3.63, 3.8) is 0 Å². The summed E-state index contributed by atoms with van der Waals surface area (Å²) in [6.45, 7) is 0.682. The summed E-state index contributed by atoms with van der Waals surface area (Å²) in [7, 11) is 0. The van der Waals surface area contributed by atoms with Crippen LogP contribution in [0.3, 0.4) is 0 Å². The first kappa shape index (κ1) is 13.3. The Morgan fingerprint density at radius 1 is 1.25 bits per heavy atom. The molecular formula is C16H18N2OS. The van der Waals surface area contributed by atoms with Crippen LogP contribution in [0.4, 0.5) is 0 Å². The maximum atomic E-state index is 12.7. The van der Waals surface area contributed by atoms with Gasteiger partial charge in [0.05, 0.1) is 6.54 Å². The van der Waals surface area contributed by atoms with Crippen LogP contribution in [0.25, 0.3) is 0 Å². The Balaban J connectivity index is 1.75. The first-order valence-corrected chi connectivity index (χ1v) is 7.77. The molecule has 2 aromatic rings. The number of thiophene rings is 1. The minimum atomic E-state index is -0.559. The number of hydrogen-bond acceptors (Lipinski definition) is 3. The molecule has 1 aromatic heterocycles. The highest BCUT2D eigenvalue weighted by Gasteiger charge is 2.35. The largest absolute Gasteiger partial charge is 0.333 e. The van der Waals surface area contributed by atoms with Gasteiger partial charge in [0.25, 0.3) is 0 Å². The average Bonchev–Trinajstić information content (AvgIpc) is 3.21. The predicted octanol–water partition coefficient (Wildman–Crippen LogP) is 2.94. The molecule has 0 spiro atoms. The predicted molar refractivity (Wildman–Crippen MR) is 81.3 cm³/mol. The normalized spacial score (nSPS) is 15.8. The van der Waals surface area contributed by atoms with Crippen molar-refractivity contribution in [3.8, 4) is 0 Å². The van der Waals surface area contributed by atoms with Gasteiger partial charge in [-0.1, -0.05) is 36.4 Å². The van der Waals surface area contributed by atoms with Crippen LogP contribution in [-0.4, -0.2) is 16.8 Å². The first-order chi connectivity index (χ1) is 9.75. The SMILES string of the molecule is N[C@@H](C(=O)N(Cc1cccs1)C1CC1)c1ccccc1. The highest BCUT2D eigenvalue weighted by molar-refractivity contribution is 7.09. The average molecular weight is 286 g/mol. The summed E-state index contributed by atoms with van der Waals surface area (Å²) in [6, 6.07) is 13.5. The van der Waals surface area contributed by atoms with E-state index in [0.29, 0.717) is 12.6 Å². The Morgan fingerprint density at radius 2 is 2.00 bits per heavy atom. The lowest BCUT2D eigenvalue weighted by molar-refractivity contribution is -0.133. The molecule has 0 aliphatic heterocycles. The molecule has 1 aliphatic rings. The van der Waals surface area contributed by atoms with Crippen molar-refractivity contribution in [1.29, 1.82) is 0 Å². The quantitative estimate of drug-likeness (QED) is 0.918. The van der Waals surface area contributed by atoms with Crippen LogP contribution in [-0.2, 0) is 11.3 Å². The van der Waals surface area contributed by atoms with Gasteiger partial charge in [0.1, 0.15) is 6.04 Å². The van der Waals surface area contributed by atoms with Gasteiger partial charge in [-0.15, -0.1) is 11.3 Å². The zero-order chi connectivity index (χ0) is 13.9. The molecule has 1 atom stereocenters. The molecule has 0 bridgehead atoms. The van der Waals surface area contributed by atoms with E-state index in [-0.39, 0.29) is 5.91 Å². The second kappa shape index (κ2) is 5.77. The maximum absolute atomic E-state index is 12.7. The maximum Gasteiger partial charge on any atom is 0.244 e. The third-order valence-corrected chi connectivity index (χ3v) is 4.46. The van der Waals surface area contributed by atoms with Crippen LogP contribution in [0.1, 0.15) is 29.3 Å². The molecule has 1 aliphatic carbocycles. The van der Waals surface area contributed by atoms with Gasteiger partial charge in [0.2, 0.25) is 5.91 Å². The summed E-state index contributed by atoms with van der Waals surface area (Å²) in [5.74, 6) is 0.0344.